The average Bonchev–Trinajstić information content (AvgIpc) is 2.89. The molecule has 38 heavy (non-hydrogen) atoms. The van der Waals surface area contributed by atoms with Crippen LogP contribution in [0.25, 0.3) is 0 Å². The number of benzene rings is 3. The average molecular weight is 569 g/mol. The van der Waals surface area contributed by atoms with Crippen molar-refractivity contribution in [2.75, 3.05) is 19.9 Å². The van der Waals surface area contributed by atoms with Crippen LogP contribution in [0.4, 0.5) is 4.39 Å². The van der Waals surface area contributed by atoms with E-state index < -0.39 is 18.6 Å². The number of Topliss-reactive ketones (excluding diaryl/α,β-unsaturated/α-hetero) is 1. The number of hydrogen-bond acceptors (Lipinski definition) is 6. The Morgan fingerprint density at radius 3 is 2.53 bits per heavy atom. The number of ketones is 1. The van der Waals surface area contributed by atoms with Gasteiger partial charge in [-0.1, -0.05) is 29.3 Å². The van der Waals surface area contributed by atoms with Crippen molar-refractivity contribution < 1.29 is 62.9 Å². The number of aryl methyl sites for hydroxylation is 1. The molecule has 1 unspecified atom stereocenters. The maximum absolute atomic E-state index is 12.7. The molecule has 0 fully saturated rings. The van der Waals surface area contributed by atoms with Crippen LogP contribution in [0, 0.1) is 0 Å². The number of rotatable bonds is 11. The Labute approximate surface area is 252 Å². The van der Waals surface area contributed by atoms with Gasteiger partial charge in [0.2, 0.25) is 0 Å². The van der Waals surface area contributed by atoms with Crippen molar-refractivity contribution in [3.63, 3.8) is 0 Å². The summed E-state index contributed by atoms with van der Waals surface area (Å²) in [5.74, 6) is -0.289. The van der Waals surface area contributed by atoms with Crippen LogP contribution in [-0.4, -0.2) is 31.6 Å². The number of carboxylic acids is 1. The number of carbonyl (C=O) groups is 2. The van der Waals surface area contributed by atoms with E-state index in [4.69, 9.17) is 37.4 Å². The largest absolute Gasteiger partial charge is 1.00 e. The summed E-state index contributed by atoms with van der Waals surface area (Å²) in [5, 5.41) is 12.1. The smallest absolute Gasteiger partial charge is 0.549 e. The predicted molar refractivity (Wildman–Crippen MR) is 136 cm³/mol. The van der Waals surface area contributed by atoms with Crippen molar-refractivity contribution in [3.8, 4) is 23.0 Å². The summed E-state index contributed by atoms with van der Waals surface area (Å²) in [5.41, 5.74) is 1.87. The van der Waals surface area contributed by atoms with Crippen molar-refractivity contribution in [2.45, 2.75) is 31.6 Å². The summed E-state index contributed by atoms with van der Waals surface area (Å²) in [6.07, 6.45) is 1.81. The molecule has 0 saturated heterocycles. The molecule has 6 nitrogen and oxygen atoms in total. The van der Waals surface area contributed by atoms with E-state index in [-0.39, 0.29) is 53.6 Å². The van der Waals surface area contributed by atoms with Gasteiger partial charge in [0, 0.05) is 40.5 Å². The fraction of sp³-hybridized carbons (Fsp3) is 0.286. The predicted octanol–water partition coefficient (Wildman–Crippen LogP) is 2.96. The Morgan fingerprint density at radius 2 is 1.82 bits per heavy atom. The molecule has 0 N–H and O–H groups in total. The Morgan fingerprint density at radius 1 is 1.05 bits per heavy atom. The van der Waals surface area contributed by atoms with Gasteiger partial charge in [0.1, 0.15) is 36.3 Å². The maximum Gasteiger partial charge on any atom is 1.00 e. The van der Waals surface area contributed by atoms with Crippen LogP contribution in [0.15, 0.2) is 54.6 Å². The van der Waals surface area contributed by atoms with E-state index in [2.05, 4.69) is 0 Å². The number of hydrogen-bond donors (Lipinski definition) is 0. The summed E-state index contributed by atoms with van der Waals surface area (Å²) in [7, 11) is 0. The maximum atomic E-state index is 12.7. The van der Waals surface area contributed by atoms with Gasteiger partial charge < -0.3 is 24.1 Å². The Bertz CT molecular complexity index is 1290. The van der Waals surface area contributed by atoms with Crippen molar-refractivity contribution in [1.82, 2.24) is 0 Å². The zero-order valence-corrected chi connectivity index (χ0v) is 24.3. The number of halogens is 3. The Balaban J connectivity index is 0.00000400. The molecule has 0 saturated carbocycles. The first-order valence-corrected chi connectivity index (χ1v) is 12.6. The minimum atomic E-state index is -1.17. The van der Waals surface area contributed by atoms with Crippen molar-refractivity contribution in [3.05, 3.63) is 81.3 Å². The first kappa shape index (κ1) is 30.3. The zero-order valence-electron chi connectivity index (χ0n) is 20.8. The van der Waals surface area contributed by atoms with Crippen LogP contribution in [0.1, 0.15) is 46.7 Å². The topological polar surface area (TPSA) is 84.9 Å². The number of aliphatic carboxylic acids is 1. The van der Waals surface area contributed by atoms with Crippen LogP contribution < -0.4 is 48.9 Å². The third-order valence-corrected chi connectivity index (χ3v) is 6.54. The van der Waals surface area contributed by atoms with Gasteiger partial charge in [0.25, 0.3) is 0 Å². The van der Waals surface area contributed by atoms with Gasteiger partial charge in [-0.2, -0.15) is 0 Å². The molecule has 3 aromatic carbocycles. The summed E-state index contributed by atoms with van der Waals surface area (Å²) < 4.78 is 29.4. The molecule has 1 aliphatic heterocycles. The second kappa shape index (κ2) is 14.2. The zero-order chi connectivity index (χ0) is 26.4. The van der Waals surface area contributed by atoms with Crippen LogP contribution in [0.2, 0.25) is 10.0 Å². The van der Waals surface area contributed by atoms with Crippen molar-refractivity contribution >= 4 is 35.0 Å². The third-order valence-electron chi connectivity index (χ3n) is 6.01. The van der Waals surface area contributed by atoms with E-state index in [1.165, 1.54) is 6.07 Å². The number of carboxylic acid groups (broad SMARTS) is 1. The Hall–Kier alpha value is -2.29. The van der Waals surface area contributed by atoms with Gasteiger partial charge in [0.15, 0.2) is 5.78 Å². The molecule has 4 rings (SSSR count). The molecule has 194 valence electrons. The number of ether oxygens (including phenoxy) is 3. The van der Waals surface area contributed by atoms with E-state index in [9.17, 15) is 19.1 Å². The standard InChI is InChI=1S/C28H25Cl2FO6.Na/c29-19-7-4-18(25(14-19)36-13-11-31)2-1-3-24(32)17-5-8-20(9-6-17)37-27-16-26-22(15-23(27)30)21(28(33)34)10-12-35-26;/h4-9,14-16,21H,1-3,10-13H2,(H,33,34);/q;+1/p-1. The van der Waals surface area contributed by atoms with E-state index >= 15 is 0 Å². The molecule has 3 aromatic rings. The van der Waals surface area contributed by atoms with E-state index in [0.717, 1.165) is 5.56 Å². The molecule has 0 spiro atoms. The summed E-state index contributed by atoms with van der Waals surface area (Å²) >= 11 is 12.3. The molecule has 0 aliphatic carbocycles. The minimum absolute atomic E-state index is 0. The van der Waals surface area contributed by atoms with Gasteiger partial charge in [-0.3, -0.25) is 4.79 Å². The second-order valence-corrected chi connectivity index (χ2v) is 9.37. The molecule has 1 heterocycles. The van der Waals surface area contributed by atoms with Gasteiger partial charge in [-0.05, 0) is 67.3 Å². The fourth-order valence-electron chi connectivity index (χ4n) is 4.15. The summed E-state index contributed by atoms with van der Waals surface area (Å²) in [6, 6.07) is 15.0. The fourth-order valence-corrected chi connectivity index (χ4v) is 4.52. The normalized spacial score (nSPS) is 14.0. The van der Waals surface area contributed by atoms with Crippen LogP contribution in [0.5, 0.6) is 23.0 Å². The third kappa shape index (κ3) is 7.64. The Kier molecular flexibility index (Phi) is 11.3. The van der Waals surface area contributed by atoms with Crippen molar-refractivity contribution in [1.29, 1.82) is 0 Å². The molecule has 0 amide bonds. The van der Waals surface area contributed by atoms with E-state index in [1.807, 2.05) is 6.07 Å². The van der Waals surface area contributed by atoms with Gasteiger partial charge >= 0.3 is 29.6 Å². The minimum Gasteiger partial charge on any atom is -0.549 e. The van der Waals surface area contributed by atoms with Crippen LogP contribution >= 0.6 is 23.2 Å². The summed E-state index contributed by atoms with van der Waals surface area (Å²) in [6.45, 7) is -0.391. The van der Waals surface area contributed by atoms with Gasteiger partial charge in [-0.25, -0.2) is 4.39 Å². The molecule has 0 aromatic heterocycles. The monoisotopic (exact) mass is 568 g/mol. The second-order valence-electron chi connectivity index (χ2n) is 8.52. The van der Waals surface area contributed by atoms with Crippen LogP contribution in [-0.2, 0) is 11.2 Å². The number of fused-ring (bicyclic) bond motifs is 1. The molecule has 1 atom stereocenters. The SMILES string of the molecule is O=C(CCCc1ccc(Cl)cc1OCCF)c1ccc(Oc2cc3c(cc2Cl)C(C(=O)[O-])CCO3)cc1.[Na+]. The van der Waals surface area contributed by atoms with Gasteiger partial charge in [0.05, 0.1) is 11.6 Å². The van der Waals surface area contributed by atoms with Crippen LogP contribution in [0.3, 0.4) is 0 Å². The van der Waals surface area contributed by atoms with Crippen molar-refractivity contribution in [2.24, 2.45) is 0 Å². The summed E-state index contributed by atoms with van der Waals surface area (Å²) in [4.78, 5) is 24.1. The first-order chi connectivity index (χ1) is 17.9. The van der Waals surface area contributed by atoms with Gasteiger partial charge in [-0.15, -0.1) is 0 Å². The molecule has 10 heteroatoms. The number of alkyl halides is 1. The molecular formula is C28H24Cl2FNaO6. The quantitative estimate of drug-likeness (QED) is 0.261. The van der Waals surface area contributed by atoms with E-state index in [1.54, 1.807) is 42.5 Å². The molecule has 0 radical (unpaired) electrons. The molecule has 0 bridgehead atoms. The first-order valence-electron chi connectivity index (χ1n) is 11.8. The molecule has 1 aliphatic rings. The molecular weight excluding hydrogens is 545 g/mol. The van der Waals surface area contributed by atoms with E-state index in [0.29, 0.717) is 64.8 Å². The number of carbonyl (C=O) groups excluding carboxylic acids is 2.